The number of aromatic nitrogens is 2. The van der Waals surface area contributed by atoms with Crippen LogP contribution in [-0.4, -0.2) is 28.2 Å². The second-order valence-corrected chi connectivity index (χ2v) is 4.35. The van der Waals surface area contributed by atoms with Gasteiger partial charge in [0.15, 0.2) is 0 Å². The van der Waals surface area contributed by atoms with Crippen LogP contribution in [0.1, 0.15) is 25.0 Å². The zero-order valence-corrected chi connectivity index (χ0v) is 9.03. The molecule has 0 aliphatic heterocycles. The van der Waals surface area contributed by atoms with E-state index in [-0.39, 0.29) is 6.61 Å². The van der Waals surface area contributed by atoms with Crippen molar-refractivity contribution in [2.45, 2.75) is 26.2 Å². The number of aliphatic hydroxyl groups is 1. The van der Waals surface area contributed by atoms with Crippen LogP contribution >= 0.6 is 0 Å². The van der Waals surface area contributed by atoms with Gasteiger partial charge in [-0.3, -0.25) is 0 Å². The summed E-state index contributed by atoms with van der Waals surface area (Å²) >= 11 is 0. The van der Waals surface area contributed by atoms with E-state index >= 15 is 0 Å². The highest BCUT2D eigenvalue weighted by Gasteiger charge is 2.41. The Bertz CT molecular complexity index is 336. The van der Waals surface area contributed by atoms with E-state index in [0.717, 1.165) is 18.7 Å². The van der Waals surface area contributed by atoms with E-state index in [1.807, 2.05) is 13.0 Å². The molecule has 1 aliphatic rings. The quantitative estimate of drug-likeness (QED) is 0.765. The number of rotatable bonds is 5. The maximum absolute atomic E-state index is 8.92. The summed E-state index contributed by atoms with van der Waals surface area (Å²) in [5, 5.41) is 12.2. The van der Waals surface area contributed by atoms with Gasteiger partial charge in [-0.1, -0.05) is 0 Å². The minimum Gasteiger partial charge on any atom is -0.396 e. The normalized spacial score (nSPS) is 17.5. The fraction of sp³-hybridized carbons (Fsp3) is 0.636. The van der Waals surface area contributed by atoms with Gasteiger partial charge in [0, 0.05) is 25.0 Å². The average Bonchev–Trinajstić information content (AvgIpc) is 2.97. The monoisotopic (exact) mass is 207 g/mol. The topological polar surface area (TPSA) is 58.0 Å². The highest BCUT2D eigenvalue weighted by molar-refractivity contribution is 5.26. The first-order valence-corrected chi connectivity index (χ1v) is 5.39. The predicted molar refractivity (Wildman–Crippen MR) is 58.6 cm³/mol. The molecule has 82 valence electrons. The molecule has 0 unspecified atom stereocenters. The van der Waals surface area contributed by atoms with E-state index in [4.69, 9.17) is 5.11 Å². The first-order chi connectivity index (χ1) is 7.24. The Kier molecular flexibility index (Phi) is 2.86. The van der Waals surface area contributed by atoms with Crippen LogP contribution in [0.15, 0.2) is 12.3 Å². The van der Waals surface area contributed by atoms with Crippen molar-refractivity contribution < 1.29 is 5.11 Å². The van der Waals surface area contributed by atoms with Gasteiger partial charge in [0.2, 0.25) is 5.95 Å². The summed E-state index contributed by atoms with van der Waals surface area (Å²) < 4.78 is 0. The van der Waals surface area contributed by atoms with Gasteiger partial charge < -0.3 is 10.4 Å². The molecule has 0 spiro atoms. The fourth-order valence-corrected chi connectivity index (χ4v) is 1.73. The largest absolute Gasteiger partial charge is 0.396 e. The molecule has 4 heteroatoms. The highest BCUT2D eigenvalue weighted by atomic mass is 16.3. The molecule has 1 heterocycles. The maximum atomic E-state index is 8.92. The third-order valence-electron chi connectivity index (χ3n) is 3.02. The van der Waals surface area contributed by atoms with Crippen molar-refractivity contribution in [3.05, 3.63) is 18.0 Å². The minimum absolute atomic E-state index is 0.274. The van der Waals surface area contributed by atoms with Gasteiger partial charge in [-0.2, -0.15) is 0 Å². The van der Waals surface area contributed by atoms with Crippen LogP contribution in [0.2, 0.25) is 0 Å². The van der Waals surface area contributed by atoms with Crippen molar-refractivity contribution in [1.82, 2.24) is 9.97 Å². The van der Waals surface area contributed by atoms with Gasteiger partial charge in [-0.25, -0.2) is 9.97 Å². The van der Waals surface area contributed by atoms with Crippen LogP contribution in [0, 0.1) is 12.3 Å². The molecule has 0 saturated heterocycles. The average molecular weight is 207 g/mol. The first kappa shape index (κ1) is 10.4. The highest BCUT2D eigenvalue weighted by Crippen LogP contribution is 2.48. The zero-order valence-electron chi connectivity index (χ0n) is 9.03. The van der Waals surface area contributed by atoms with Gasteiger partial charge in [0.05, 0.1) is 0 Å². The van der Waals surface area contributed by atoms with Crippen LogP contribution in [-0.2, 0) is 0 Å². The summed E-state index contributed by atoms with van der Waals surface area (Å²) in [5.41, 5.74) is 1.28. The molecule has 1 fully saturated rings. The first-order valence-electron chi connectivity index (χ1n) is 5.39. The fourth-order valence-electron chi connectivity index (χ4n) is 1.73. The number of aryl methyl sites for hydroxylation is 1. The third-order valence-corrected chi connectivity index (χ3v) is 3.02. The molecule has 1 aromatic rings. The third kappa shape index (κ3) is 2.65. The molecule has 1 aliphatic carbocycles. The number of nitrogens with one attached hydrogen (secondary N) is 1. The standard InChI is InChI=1S/C11H17N3O/c1-9-2-6-12-10(14-9)13-8-11(3-4-11)5-7-15/h2,6,15H,3-5,7-8H2,1H3,(H,12,13,14). The van der Waals surface area contributed by atoms with Crippen LogP contribution in [0.3, 0.4) is 0 Å². The SMILES string of the molecule is Cc1ccnc(NCC2(CCO)CC2)n1. The van der Waals surface area contributed by atoms with Crippen LogP contribution in [0.5, 0.6) is 0 Å². The Labute approximate surface area is 89.8 Å². The molecule has 0 bridgehead atoms. The van der Waals surface area contributed by atoms with Crippen LogP contribution in [0.25, 0.3) is 0 Å². The Hall–Kier alpha value is -1.16. The molecule has 0 atom stereocenters. The molecule has 4 nitrogen and oxygen atoms in total. The van der Waals surface area contributed by atoms with E-state index in [1.54, 1.807) is 6.20 Å². The summed E-state index contributed by atoms with van der Waals surface area (Å²) in [5.74, 6) is 0.694. The second kappa shape index (κ2) is 4.14. The van der Waals surface area contributed by atoms with Crippen molar-refractivity contribution >= 4 is 5.95 Å². The molecule has 1 saturated carbocycles. The molecular formula is C11H17N3O. The Morgan fingerprint density at radius 2 is 2.33 bits per heavy atom. The van der Waals surface area contributed by atoms with E-state index < -0.39 is 0 Å². The number of hydrogen-bond acceptors (Lipinski definition) is 4. The molecule has 0 amide bonds. The van der Waals surface area contributed by atoms with Gasteiger partial charge in [-0.15, -0.1) is 0 Å². The van der Waals surface area contributed by atoms with Crippen molar-refractivity contribution in [2.75, 3.05) is 18.5 Å². The van der Waals surface area contributed by atoms with Gasteiger partial charge in [-0.05, 0) is 37.7 Å². The number of anilines is 1. The summed E-state index contributed by atoms with van der Waals surface area (Å²) in [6.07, 6.45) is 5.04. The summed E-state index contributed by atoms with van der Waals surface area (Å²) in [6.45, 7) is 3.10. The number of nitrogens with zero attached hydrogens (tertiary/aromatic N) is 2. The van der Waals surface area contributed by atoms with Crippen LogP contribution < -0.4 is 5.32 Å². The molecule has 0 aromatic carbocycles. The van der Waals surface area contributed by atoms with Crippen LogP contribution in [0.4, 0.5) is 5.95 Å². The summed E-state index contributed by atoms with van der Waals surface area (Å²) in [4.78, 5) is 8.43. The summed E-state index contributed by atoms with van der Waals surface area (Å²) in [6, 6.07) is 1.88. The van der Waals surface area contributed by atoms with E-state index in [2.05, 4.69) is 15.3 Å². The second-order valence-electron chi connectivity index (χ2n) is 4.35. The van der Waals surface area contributed by atoms with Crippen molar-refractivity contribution in [3.63, 3.8) is 0 Å². The lowest BCUT2D eigenvalue weighted by atomic mass is 10.0. The predicted octanol–water partition coefficient (Wildman–Crippen LogP) is 1.36. The van der Waals surface area contributed by atoms with Crippen molar-refractivity contribution in [2.24, 2.45) is 5.41 Å². The lowest BCUT2D eigenvalue weighted by molar-refractivity contribution is 0.253. The Morgan fingerprint density at radius 1 is 1.53 bits per heavy atom. The van der Waals surface area contributed by atoms with E-state index in [1.165, 1.54) is 12.8 Å². The lowest BCUT2D eigenvalue weighted by Gasteiger charge is -2.14. The molecular weight excluding hydrogens is 190 g/mol. The molecule has 0 radical (unpaired) electrons. The molecule has 15 heavy (non-hydrogen) atoms. The molecule has 2 N–H and O–H groups in total. The maximum Gasteiger partial charge on any atom is 0.222 e. The van der Waals surface area contributed by atoms with E-state index in [9.17, 15) is 0 Å². The minimum atomic E-state index is 0.274. The molecule has 2 rings (SSSR count). The van der Waals surface area contributed by atoms with Crippen molar-refractivity contribution in [1.29, 1.82) is 0 Å². The van der Waals surface area contributed by atoms with Gasteiger partial charge in [0.25, 0.3) is 0 Å². The van der Waals surface area contributed by atoms with Crippen molar-refractivity contribution in [3.8, 4) is 0 Å². The lowest BCUT2D eigenvalue weighted by Crippen LogP contribution is -2.18. The van der Waals surface area contributed by atoms with Gasteiger partial charge in [0.1, 0.15) is 0 Å². The number of aliphatic hydroxyl groups excluding tert-OH is 1. The molecule has 1 aromatic heterocycles. The zero-order chi connectivity index (χ0) is 10.7. The number of hydrogen-bond donors (Lipinski definition) is 2. The summed E-state index contributed by atoms with van der Waals surface area (Å²) in [7, 11) is 0. The Morgan fingerprint density at radius 3 is 2.93 bits per heavy atom. The van der Waals surface area contributed by atoms with Gasteiger partial charge >= 0.3 is 0 Å². The Balaban J connectivity index is 1.88. The smallest absolute Gasteiger partial charge is 0.222 e. The van der Waals surface area contributed by atoms with E-state index in [0.29, 0.717) is 11.4 Å².